The van der Waals surface area contributed by atoms with E-state index in [9.17, 15) is 8.78 Å². The Morgan fingerprint density at radius 2 is 1.71 bits per heavy atom. The average molecular weight is 293 g/mol. The SMILES string of the molecule is NCc1cc(F)c(OCc2ccc3c(c2)OCO3)c(F)c1. The third kappa shape index (κ3) is 2.75. The van der Waals surface area contributed by atoms with Gasteiger partial charge in [0.25, 0.3) is 0 Å². The van der Waals surface area contributed by atoms with Crippen LogP contribution in [-0.4, -0.2) is 6.79 Å². The van der Waals surface area contributed by atoms with Gasteiger partial charge in [-0.2, -0.15) is 0 Å². The topological polar surface area (TPSA) is 53.7 Å². The maximum Gasteiger partial charge on any atom is 0.231 e. The van der Waals surface area contributed by atoms with E-state index in [1.807, 2.05) is 0 Å². The second-order valence-corrected chi connectivity index (χ2v) is 4.57. The molecular formula is C15H13F2NO3. The van der Waals surface area contributed by atoms with E-state index in [0.29, 0.717) is 17.1 Å². The van der Waals surface area contributed by atoms with Crippen molar-refractivity contribution >= 4 is 0 Å². The van der Waals surface area contributed by atoms with E-state index in [4.69, 9.17) is 19.9 Å². The first-order valence-electron chi connectivity index (χ1n) is 6.36. The Hall–Kier alpha value is -2.34. The van der Waals surface area contributed by atoms with Crippen LogP contribution < -0.4 is 19.9 Å². The summed E-state index contributed by atoms with van der Waals surface area (Å²) in [6.07, 6.45) is 0. The van der Waals surface area contributed by atoms with Crippen molar-refractivity contribution in [2.75, 3.05) is 6.79 Å². The third-order valence-electron chi connectivity index (χ3n) is 3.11. The fraction of sp³-hybridized carbons (Fsp3) is 0.200. The Morgan fingerprint density at radius 1 is 1.00 bits per heavy atom. The number of ether oxygens (including phenoxy) is 3. The fourth-order valence-corrected chi connectivity index (χ4v) is 2.05. The van der Waals surface area contributed by atoms with Crippen molar-refractivity contribution in [2.24, 2.45) is 5.73 Å². The highest BCUT2D eigenvalue weighted by atomic mass is 19.1. The Morgan fingerprint density at radius 3 is 2.43 bits per heavy atom. The van der Waals surface area contributed by atoms with Crippen LogP contribution in [-0.2, 0) is 13.2 Å². The van der Waals surface area contributed by atoms with E-state index < -0.39 is 17.4 Å². The van der Waals surface area contributed by atoms with Gasteiger partial charge in [0.1, 0.15) is 6.61 Å². The maximum atomic E-state index is 13.8. The quantitative estimate of drug-likeness (QED) is 0.941. The van der Waals surface area contributed by atoms with E-state index in [1.54, 1.807) is 18.2 Å². The van der Waals surface area contributed by atoms with Gasteiger partial charge in [0, 0.05) is 6.54 Å². The number of nitrogens with two attached hydrogens (primary N) is 1. The molecule has 0 saturated heterocycles. The molecule has 0 fully saturated rings. The van der Waals surface area contributed by atoms with Crippen molar-refractivity contribution in [1.29, 1.82) is 0 Å². The van der Waals surface area contributed by atoms with Crippen molar-refractivity contribution in [3.05, 3.63) is 53.1 Å². The van der Waals surface area contributed by atoms with Crippen molar-refractivity contribution in [2.45, 2.75) is 13.2 Å². The Bertz CT molecular complexity index is 653. The molecule has 0 amide bonds. The molecule has 1 aliphatic rings. The molecule has 2 aromatic rings. The molecule has 0 atom stereocenters. The molecule has 6 heteroatoms. The molecule has 2 N–H and O–H groups in total. The van der Waals surface area contributed by atoms with E-state index in [2.05, 4.69) is 0 Å². The third-order valence-corrected chi connectivity index (χ3v) is 3.11. The summed E-state index contributed by atoms with van der Waals surface area (Å²) in [6.45, 7) is 0.256. The summed E-state index contributed by atoms with van der Waals surface area (Å²) in [5.41, 5.74) is 6.45. The summed E-state index contributed by atoms with van der Waals surface area (Å²) in [4.78, 5) is 0. The molecule has 0 radical (unpaired) electrons. The normalized spacial score (nSPS) is 12.5. The smallest absolute Gasteiger partial charge is 0.231 e. The van der Waals surface area contributed by atoms with Crippen LogP contribution in [0.3, 0.4) is 0 Å². The maximum absolute atomic E-state index is 13.8. The first-order valence-corrected chi connectivity index (χ1v) is 6.36. The molecule has 4 nitrogen and oxygen atoms in total. The van der Waals surface area contributed by atoms with Crippen molar-refractivity contribution in [3.8, 4) is 17.2 Å². The Labute approximate surface area is 120 Å². The Kier molecular flexibility index (Phi) is 3.62. The fourth-order valence-electron chi connectivity index (χ4n) is 2.05. The van der Waals surface area contributed by atoms with Gasteiger partial charge in [-0.1, -0.05) is 6.07 Å². The van der Waals surface area contributed by atoms with Crippen LogP contribution in [0.15, 0.2) is 30.3 Å². The highest BCUT2D eigenvalue weighted by Gasteiger charge is 2.15. The van der Waals surface area contributed by atoms with Crippen LogP contribution in [0.25, 0.3) is 0 Å². The van der Waals surface area contributed by atoms with Crippen LogP contribution in [0.1, 0.15) is 11.1 Å². The lowest BCUT2D eigenvalue weighted by Gasteiger charge is -2.10. The van der Waals surface area contributed by atoms with Gasteiger partial charge in [0.2, 0.25) is 6.79 Å². The van der Waals surface area contributed by atoms with Crippen LogP contribution in [0, 0.1) is 11.6 Å². The van der Waals surface area contributed by atoms with Gasteiger partial charge in [-0.25, -0.2) is 8.78 Å². The summed E-state index contributed by atoms with van der Waals surface area (Å²) in [6, 6.07) is 7.52. The molecule has 3 rings (SSSR count). The molecular weight excluding hydrogens is 280 g/mol. The van der Waals surface area contributed by atoms with Crippen LogP contribution in [0.2, 0.25) is 0 Å². The van der Waals surface area contributed by atoms with Gasteiger partial charge in [0.05, 0.1) is 0 Å². The second-order valence-electron chi connectivity index (χ2n) is 4.57. The van der Waals surface area contributed by atoms with Crippen LogP contribution in [0.5, 0.6) is 17.2 Å². The molecule has 21 heavy (non-hydrogen) atoms. The zero-order valence-electron chi connectivity index (χ0n) is 11.1. The molecule has 0 unspecified atom stereocenters. The van der Waals surface area contributed by atoms with Crippen molar-refractivity contribution < 1.29 is 23.0 Å². The summed E-state index contributed by atoms with van der Waals surface area (Å²) < 4.78 is 43.1. The summed E-state index contributed by atoms with van der Waals surface area (Å²) in [5.74, 6) is -0.712. The van der Waals surface area contributed by atoms with E-state index in [-0.39, 0.29) is 19.9 Å². The molecule has 0 spiro atoms. The number of rotatable bonds is 4. The van der Waals surface area contributed by atoms with Gasteiger partial charge in [0.15, 0.2) is 28.9 Å². The number of hydrogen-bond acceptors (Lipinski definition) is 4. The molecule has 0 aromatic heterocycles. The minimum absolute atomic E-state index is 0.0203. The lowest BCUT2D eigenvalue weighted by atomic mass is 10.2. The monoisotopic (exact) mass is 293 g/mol. The molecule has 2 aromatic carbocycles. The van der Waals surface area contributed by atoms with Gasteiger partial charge in [-0.3, -0.25) is 0 Å². The molecule has 0 aliphatic carbocycles. The summed E-state index contributed by atoms with van der Waals surface area (Å²) >= 11 is 0. The first kappa shape index (κ1) is 13.6. The lowest BCUT2D eigenvalue weighted by molar-refractivity contribution is 0.174. The molecule has 1 heterocycles. The molecule has 0 saturated carbocycles. The van der Waals surface area contributed by atoms with Crippen molar-refractivity contribution in [1.82, 2.24) is 0 Å². The second kappa shape index (κ2) is 5.57. The highest BCUT2D eigenvalue weighted by Crippen LogP contribution is 2.33. The summed E-state index contributed by atoms with van der Waals surface area (Å²) in [5, 5.41) is 0. The number of benzene rings is 2. The van der Waals surface area contributed by atoms with Crippen LogP contribution >= 0.6 is 0 Å². The summed E-state index contributed by atoms with van der Waals surface area (Å²) in [7, 11) is 0. The largest absolute Gasteiger partial charge is 0.483 e. The lowest BCUT2D eigenvalue weighted by Crippen LogP contribution is -2.03. The van der Waals surface area contributed by atoms with E-state index in [0.717, 1.165) is 17.7 Å². The van der Waals surface area contributed by atoms with Gasteiger partial charge in [-0.15, -0.1) is 0 Å². The molecule has 1 aliphatic heterocycles. The predicted molar refractivity (Wildman–Crippen MR) is 71.1 cm³/mol. The van der Waals surface area contributed by atoms with Gasteiger partial charge in [-0.05, 0) is 35.4 Å². The minimum atomic E-state index is -0.767. The predicted octanol–water partition coefficient (Wildman–Crippen LogP) is 2.73. The highest BCUT2D eigenvalue weighted by molar-refractivity contribution is 5.44. The first-order chi connectivity index (χ1) is 10.2. The average Bonchev–Trinajstić information content (AvgIpc) is 2.93. The zero-order valence-corrected chi connectivity index (χ0v) is 11.1. The number of hydrogen-bond donors (Lipinski definition) is 1. The molecule has 110 valence electrons. The standard InChI is InChI=1S/C15H13F2NO3/c16-11-3-10(6-18)4-12(17)15(11)19-7-9-1-2-13-14(5-9)21-8-20-13/h1-5H,6-8,18H2. The Balaban J connectivity index is 1.76. The van der Waals surface area contributed by atoms with Gasteiger partial charge < -0.3 is 19.9 Å². The minimum Gasteiger partial charge on any atom is -0.483 e. The van der Waals surface area contributed by atoms with Crippen molar-refractivity contribution in [3.63, 3.8) is 0 Å². The molecule has 0 bridgehead atoms. The van der Waals surface area contributed by atoms with E-state index in [1.165, 1.54) is 0 Å². The van der Waals surface area contributed by atoms with Gasteiger partial charge >= 0.3 is 0 Å². The number of fused-ring (bicyclic) bond motifs is 1. The van der Waals surface area contributed by atoms with Crippen LogP contribution in [0.4, 0.5) is 8.78 Å². The zero-order chi connectivity index (χ0) is 14.8. The number of halogens is 2. The van der Waals surface area contributed by atoms with E-state index >= 15 is 0 Å².